The number of nitrogens with one attached hydrogen (secondary N) is 1. The molecule has 0 radical (unpaired) electrons. The van der Waals surface area contributed by atoms with Crippen molar-refractivity contribution in [1.29, 1.82) is 0 Å². The van der Waals surface area contributed by atoms with E-state index in [0.717, 1.165) is 5.56 Å². The third-order valence-electron chi connectivity index (χ3n) is 2.30. The van der Waals surface area contributed by atoms with Crippen LogP contribution in [0.3, 0.4) is 0 Å². The molecule has 0 aliphatic heterocycles. The van der Waals surface area contributed by atoms with E-state index in [1.807, 2.05) is 6.92 Å². The molecule has 1 aromatic rings. The maximum Gasteiger partial charge on any atom is 0.323 e. The van der Waals surface area contributed by atoms with E-state index in [1.165, 1.54) is 19.1 Å². The number of carbonyl (C=O) groups excluding carboxylic acids is 1. The molecule has 6 heteroatoms. The van der Waals surface area contributed by atoms with E-state index in [-0.39, 0.29) is 11.5 Å². The summed E-state index contributed by atoms with van der Waals surface area (Å²) in [6, 6.07) is 5.48. The van der Waals surface area contributed by atoms with E-state index in [9.17, 15) is 13.2 Å². The third-order valence-corrected chi connectivity index (χ3v) is 3.86. The summed E-state index contributed by atoms with van der Waals surface area (Å²) >= 11 is 0. The number of aryl methyl sites for hydroxylation is 1. The van der Waals surface area contributed by atoms with Crippen LogP contribution >= 0.6 is 0 Å². The smallest absolute Gasteiger partial charge is 0.323 e. The lowest BCUT2D eigenvalue weighted by Gasteiger charge is -2.13. The van der Waals surface area contributed by atoms with Gasteiger partial charge in [0.1, 0.15) is 6.04 Å². The van der Waals surface area contributed by atoms with E-state index in [4.69, 9.17) is 4.74 Å². The Hall–Kier alpha value is -1.40. The molecule has 0 aromatic heterocycles. The fourth-order valence-corrected chi connectivity index (χ4v) is 2.53. The van der Waals surface area contributed by atoms with Gasteiger partial charge in [0.15, 0.2) is 0 Å². The van der Waals surface area contributed by atoms with Crippen LogP contribution in [0.1, 0.15) is 19.4 Å². The molecule has 0 saturated heterocycles. The Bertz CT molecular complexity index is 507. The Morgan fingerprint density at radius 2 is 1.89 bits per heavy atom. The molecule has 100 valence electrons. The minimum atomic E-state index is -3.69. The second kappa shape index (κ2) is 5.97. The topological polar surface area (TPSA) is 72.5 Å². The molecule has 1 atom stereocenters. The maximum absolute atomic E-state index is 11.9. The summed E-state index contributed by atoms with van der Waals surface area (Å²) in [7, 11) is -3.69. The number of hydrogen-bond acceptors (Lipinski definition) is 4. The third kappa shape index (κ3) is 3.82. The summed E-state index contributed by atoms with van der Waals surface area (Å²) in [5.41, 5.74) is 0.965. The molecule has 0 unspecified atom stereocenters. The summed E-state index contributed by atoms with van der Waals surface area (Å²) in [5.74, 6) is -0.590. The van der Waals surface area contributed by atoms with Crippen molar-refractivity contribution in [2.45, 2.75) is 31.7 Å². The highest BCUT2D eigenvalue weighted by molar-refractivity contribution is 7.89. The first-order valence-corrected chi connectivity index (χ1v) is 7.10. The first kappa shape index (κ1) is 14.7. The van der Waals surface area contributed by atoms with Gasteiger partial charge < -0.3 is 4.74 Å². The van der Waals surface area contributed by atoms with Crippen molar-refractivity contribution in [2.24, 2.45) is 0 Å². The van der Waals surface area contributed by atoms with Crippen LogP contribution in [0.5, 0.6) is 0 Å². The van der Waals surface area contributed by atoms with Gasteiger partial charge in [-0.15, -0.1) is 0 Å². The van der Waals surface area contributed by atoms with Gasteiger partial charge in [-0.3, -0.25) is 4.79 Å². The minimum Gasteiger partial charge on any atom is -0.465 e. The zero-order valence-electron chi connectivity index (χ0n) is 10.6. The lowest BCUT2D eigenvalue weighted by atomic mass is 10.2. The Balaban J connectivity index is 2.82. The molecule has 1 aromatic carbocycles. The van der Waals surface area contributed by atoms with Crippen molar-refractivity contribution >= 4 is 16.0 Å². The number of ether oxygens (including phenoxy) is 1. The highest BCUT2D eigenvalue weighted by atomic mass is 32.2. The molecule has 5 nitrogen and oxygen atoms in total. The number of benzene rings is 1. The van der Waals surface area contributed by atoms with Crippen LogP contribution in [0.2, 0.25) is 0 Å². The summed E-state index contributed by atoms with van der Waals surface area (Å²) in [5, 5.41) is 0. The van der Waals surface area contributed by atoms with Crippen molar-refractivity contribution in [1.82, 2.24) is 4.72 Å². The van der Waals surface area contributed by atoms with Crippen molar-refractivity contribution in [3.63, 3.8) is 0 Å². The molecule has 0 heterocycles. The van der Waals surface area contributed by atoms with Crippen LogP contribution in [0.4, 0.5) is 0 Å². The minimum absolute atomic E-state index is 0.129. The summed E-state index contributed by atoms with van der Waals surface area (Å²) in [4.78, 5) is 11.5. The lowest BCUT2D eigenvalue weighted by Crippen LogP contribution is -2.39. The summed E-state index contributed by atoms with van der Waals surface area (Å²) < 4.78 is 30.9. The number of hydrogen-bond donors (Lipinski definition) is 1. The molecular formula is C12H17NO4S. The number of esters is 1. The van der Waals surface area contributed by atoms with E-state index in [0.29, 0.717) is 0 Å². The van der Waals surface area contributed by atoms with Crippen molar-refractivity contribution in [3.8, 4) is 0 Å². The monoisotopic (exact) mass is 271 g/mol. The van der Waals surface area contributed by atoms with Crippen LogP contribution in [-0.4, -0.2) is 27.0 Å². The van der Waals surface area contributed by atoms with Gasteiger partial charge in [-0.25, -0.2) is 8.42 Å². The second-order valence-electron chi connectivity index (χ2n) is 3.91. The Morgan fingerprint density at radius 3 is 2.39 bits per heavy atom. The largest absolute Gasteiger partial charge is 0.465 e. The van der Waals surface area contributed by atoms with E-state index >= 15 is 0 Å². The predicted octanol–water partition coefficient (Wildman–Crippen LogP) is 1.22. The molecule has 1 N–H and O–H groups in total. The zero-order valence-corrected chi connectivity index (χ0v) is 11.5. The van der Waals surface area contributed by atoms with Gasteiger partial charge in [-0.05, 0) is 32.9 Å². The molecule has 0 amide bonds. The number of carbonyl (C=O) groups is 1. The van der Waals surface area contributed by atoms with Crippen molar-refractivity contribution in [3.05, 3.63) is 29.8 Å². The Kier molecular flexibility index (Phi) is 4.86. The van der Waals surface area contributed by atoms with Crippen LogP contribution < -0.4 is 4.72 Å². The Labute approximate surface area is 107 Å². The second-order valence-corrected chi connectivity index (χ2v) is 5.62. The van der Waals surface area contributed by atoms with Crippen LogP contribution in [-0.2, 0) is 19.6 Å². The first-order valence-electron chi connectivity index (χ1n) is 5.62. The van der Waals surface area contributed by atoms with Gasteiger partial charge in [0, 0.05) is 0 Å². The van der Waals surface area contributed by atoms with Crippen LogP contribution in [0, 0.1) is 6.92 Å². The molecule has 0 saturated carbocycles. The molecule has 0 aliphatic rings. The summed E-state index contributed by atoms with van der Waals surface area (Å²) in [6.07, 6.45) is 0. The zero-order chi connectivity index (χ0) is 13.8. The quantitative estimate of drug-likeness (QED) is 0.817. The average molecular weight is 271 g/mol. The molecular weight excluding hydrogens is 254 g/mol. The van der Waals surface area contributed by atoms with Crippen molar-refractivity contribution in [2.75, 3.05) is 6.61 Å². The molecule has 0 fully saturated rings. The average Bonchev–Trinajstić information content (AvgIpc) is 2.29. The summed E-state index contributed by atoms with van der Waals surface area (Å²) in [6.45, 7) is 5.20. The standard InChI is InChI=1S/C12H17NO4S/c1-4-17-12(14)10(3)13-18(15,16)11-7-5-9(2)6-8-11/h5-8,10,13H,4H2,1-3H3/t10-/m0/s1. The number of rotatable bonds is 5. The maximum atomic E-state index is 11.9. The fourth-order valence-electron chi connectivity index (χ4n) is 1.33. The molecule has 0 bridgehead atoms. The van der Waals surface area contributed by atoms with E-state index < -0.39 is 22.0 Å². The van der Waals surface area contributed by atoms with Crippen molar-refractivity contribution < 1.29 is 17.9 Å². The van der Waals surface area contributed by atoms with Crippen LogP contribution in [0.15, 0.2) is 29.2 Å². The lowest BCUT2D eigenvalue weighted by molar-refractivity contribution is -0.144. The van der Waals surface area contributed by atoms with Gasteiger partial charge >= 0.3 is 5.97 Å². The fraction of sp³-hybridized carbons (Fsp3) is 0.417. The normalized spacial score (nSPS) is 13.1. The van der Waals surface area contributed by atoms with Crippen LogP contribution in [0.25, 0.3) is 0 Å². The van der Waals surface area contributed by atoms with Gasteiger partial charge in [0.25, 0.3) is 0 Å². The Morgan fingerprint density at radius 1 is 1.33 bits per heavy atom. The molecule has 0 aliphatic carbocycles. The SMILES string of the molecule is CCOC(=O)[C@H](C)NS(=O)(=O)c1ccc(C)cc1. The highest BCUT2D eigenvalue weighted by Gasteiger charge is 2.22. The molecule has 1 rings (SSSR count). The molecule has 0 spiro atoms. The predicted molar refractivity (Wildman–Crippen MR) is 67.6 cm³/mol. The first-order chi connectivity index (χ1) is 8.36. The highest BCUT2D eigenvalue weighted by Crippen LogP contribution is 2.10. The van der Waals surface area contributed by atoms with Gasteiger partial charge in [0.05, 0.1) is 11.5 Å². The van der Waals surface area contributed by atoms with Gasteiger partial charge in [-0.1, -0.05) is 17.7 Å². The van der Waals surface area contributed by atoms with Gasteiger partial charge in [-0.2, -0.15) is 4.72 Å². The van der Waals surface area contributed by atoms with Gasteiger partial charge in [0.2, 0.25) is 10.0 Å². The number of sulfonamides is 1. The van der Waals surface area contributed by atoms with E-state index in [1.54, 1.807) is 19.1 Å². The van der Waals surface area contributed by atoms with E-state index in [2.05, 4.69) is 4.72 Å². The molecule has 18 heavy (non-hydrogen) atoms.